The topological polar surface area (TPSA) is 43.8 Å². The summed E-state index contributed by atoms with van der Waals surface area (Å²) in [5.74, 6) is 0.815. The number of aryl methyl sites for hydroxylation is 2. The van der Waals surface area contributed by atoms with E-state index in [4.69, 9.17) is 17.3 Å². The van der Waals surface area contributed by atoms with Crippen molar-refractivity contribution in [2.45, 2.75) is 25.8 Å². The molecule has 18 heavy (non-hydrogen) atoms. The molecule has 0 spiro atoms. The maximum Gasteiger partial charge on any atom is 0.136 e. The van der Waals surface area contributed by atoms with Crippen LogP contribution in [-0.2, 0) is 26.4 Å². The number of fused-ring (bicyclic) bond motifs is 1. The predicted octanol–water partition coefficient (Wildman–Crippen LogP) is 2.69. The molecule has 94 valence electrons. The molecule has 3 rings (SSSR count). The minimum Gasteiger partial charge on any atom is -0.324 e. The minimum atomic E-state index is 0.404. The molecule has 4 heteroatoms. The third-order valence-electron chi connectivity index (χ3n) is 3.67. The van der Waals surface area contributed by atoms with Gasteiger partial charge in [-0.05, 0) is 36.5 Å². The number of halogens is 1. The van der Waals surface area contributed by atoms with Crippen molar-refractivity contribution in [1.82, 2.24) is 9.55 Å². The van der Waals surface area contributed by atoms with Gasteiger partial charge in [0.25, 0.3) is 0 Å². The summed E-state index contributed by atoms with van der Waals surface area (Å²) < 4.78 is 1.85. The summed E-state index contributed by atoms with van der Waals surface area (Å²) >= 11 is 6.32. The Hall–Kier alpha value is -1.32. The van der Waals surface area contributed by atoms with E-state index in [1.54, 1.807) is 0 Å². The maximum absolute atomic E-state index is 6.32. The zero-order valence-electron chi connectivity index (χ0n) is 10.4. The van der Waals surface area contributed by atoms with Crippen molar-refractivity contribution < 1.29 is 0 Å². The van der Waals surface area contributed by atoms with Crippen molar-refractivity contribution in [3.8, 4) is 11.3 Å². The van der Waals surface area contributed by atoms with Gasteiger partial charge in [-0.3, -0.25) is 0 Å². The maximum atomic E-state index is 6.32. The number of rotatable bonds is 2. The molecule has 1 aliphatic carbocycles. The molecule has 2 N–H and O–H groups in total. The van der Waals surface area contributed by atoms with Gasteiger partial charge in [-0.25, -0.2) is 4.98 Å². The first-order valence-corrected chi connectivity index (χ1v) is 6.62. The fraction of sp³-hybridized carbons (Fsp3) is 0.357. The zero-order valence-corrected chi connectivity index (χ0v) is 11.2. The zero-order chi connectivity index (χ0) is 12.7. The summed E-state index contributed by atoms with van der Waals surface area (Å²) in [4.78, 5) is 4.53. The Morgan fingerprint density at radius 1 is 1.33 bits per heavy atom. The molecule has 0 aliphatic heterocycles. The fourth-order valence-electron chi connectivity index (χ4n) is 2.61. The van der Waals surface area contributed by atoms with E-state index in [-0.39, 0.29) is 0 Å². The third-order valence-corrected chi connectivity index (χ3v) is 4.10. The van der Waals surface area contributed by atoms with Crippen molar-refractivity contribution in [2.75, 3.05) is 0 Å². The normalized spacial score (nSPS) is 13.9. The molecule has 0 fully saturated rings. The van der Waals surface area contributed by atoms with Crippen LogP contribution >= 0.6 is 11.6 Å². The van der Waals surface area contributed by atoms with Crippen LogP contribution in [0.2, 0.25) is 5.15 Å². The largest absolute Gasteiger partial charge is 0.324 e. The standard InChI is InChI=1S/C14H16ClN3/c1-18-12(8-16)17-13(14(18)15)11-6-5-9-3-2-4-10(9)7-11/h5-7H,2-4,8,16H2,1H3. The number of aromatic nitrogens is 2. The number of benzene rings is 1. The quantitative estimate of drug-likeness (QED) is 0.903. The Kier molecular flexibility index (Phi) is 2.88. The van der Waals surface area contributed by atoms with Gasteiger partial charge in [-0.1, -0.05) is 23.7 Å². The highest BCUT2D eigenvalue weighted by atomic mass is 35.5. The molecule has 0 saturated heterocycles. The van der Waals surface area contributed by atoms with Crippen molar-refractivity contribution in [3.63, 3.8) is 0 Å². The second-order valence-electron chi connectivity index (χ2n) is 4.77. The first-order chi connectivity index (χ1) is 8.70. The highest BCUT2D eigenvalue weighted by Gasteiger charge is 2.16. The van der Waals surface area contributed by atoms with Gasteiger partial charge in [0.1, 0.15) is 16.7 Å². The molecule has 0 amide bonds. The number of nitrogens with zero attached hydrogens (tertiary/aromatic N) is 2. The molecule has 1 aromatic heterocycles. The lowest BCUT2D eigenvalue weighted by Gasteiger charge is -2.03. The van der Waals surface area contributed by atoms with Crippen LogP contribution < -0.4 is 5.73 Å². The van der Waals surface area contributed by atoms with Crippen LogP contribution in [0.3, 0.4) is 0 Å². The molecule has 3 nitrogen and oxygen atoms in total. The van der Waals surface area contributed by atoms with Crippen molar-refractivity contribution in [2.24, 2.45) is 12.8 Å². The third kappa shape index (κ3) is 1.74. The Morgan fingerprint density at radius 2 is 2.11 bits per heavy atom. The lowest BCUT2D eigenvalue weighted by Crippen LogP contribution is -2.04. The summed E-state index contributed by atoms with van der Waals surface area (Å²) in [5.41, 5.74) is 10.5. The Balaban J connectivity index is 2.10. The van der Waals surface area contributed by atoms with E-state index in [1.165, 1.54) is 24.0 Å². The molecule has 1 aromatic carbocycles. The van der Waals surface area contributed by atoms with Gasteiger partial charge < -0.3 is 10.3 Å². The number of imidazole rings is 1. The van der Waals surface area contributed by atoms with Gasteiger partial charge >= 0.3 is 0 Å². The van der Waals surface area contributed by atoms with Crippen LogP contribution in [0.5, 0.6) is 0 Å². The first-order valence-electron chi connectivity index (χ1n) is 6.24. The number of hydrogen-bond acceptors (Lipinski definition) is 2. The smallest absolute Gasteiger partial charge is 0.136 e. The summed E-state index contributed by atoms with van der Waals surface area (Å²) in [6, 6.07) is 6.53. The SMILES string of the molecule is Cn1c(CN)nc(-c2ccc3c(c2)CCC3)c1Cl. The molecule has 0 unspecified atom stereocenters. The molecule has 0 saturated carbocycles. The van der Waals surface area contributed by atoms with E-state index in [0.717, 1.165) is 23.5 Å². The van der Waals surface area contributed by atoms with E-state index >= 15 is 0 Å². The fourth-order valence-corrected chi connectivity index (χ4v) is 2.86. The summed E-state index contributed by atoms with van der Waals surface area (Å²) in [6.45, 7) is 0.404. The average Bonchev–Trinajstić information content (AvgIpc) is 2.95. The average molecular weight is 262 g/mol. The first kappa shape index (κ1) is 11.8. The van der Waals surface area contributed by atoms with Crippen molar-refractivity contribution in [3.05, 3.63) is 40.3 Å². The Labute approximate surface area is 112 Å². The van der Waals surface area contributed by atoms with E-state index in [2.05, 4.69) is 23.2 Å². The van der Waals surface area contributed by atoms with Crippen LogP contribution in [0.15, 0.2) is 18.2 Å². The molecule has 2 aromatic rings. The highest BCUT2D eigenvalue weighted by molar-refractivity contribution is 6.32. The van der Waals surface area contributed by atoms with Gasteiger partial charge in [0.15, 0.2) is 0 Å². The van der Waals surface area contributed by atoms with Crippen LogP contribution in [0.25, 0.3) is 11.3 Å². The Morgan fingerprint density at radius 3 is 2.83 bits per heavy atom. The monoisotopic (exact) mass is 261 g/mol. The van der Waals surface area contributed by atoms with Crippen molar-refractivity contribution >= 4 is 11.6 Å². The molecule has 0 bridgehead atoms. The van der Waals surface area contributed by atoms with E-state index < -0.39 is 0 Å². The molecular weight excluding hydrogens is 246 g/mol. The lowest BCUT2D eigenvalue weighted by atomic mass is 10.0. The van der Waals surface area contributed by atoms with Gasteiger partial charge in [-0.2, -0.15) is 0 Å². The Bertz CT molecular complexity index is 601. The molecule has 0 atom stereocenters. The summed E-state index contributed by atoms with van der Waals surface area (Å²) in [5, 5.41) is 0.661. The van der Waals surface area contributed by atoms with Gasteiger partial charge in [0.05, 0.1) is 6.54 Å². The lowest BCUT2D eigenvalue weighted by molar-refractivity contribution is 0.794. The van der Waals surface area contributed by atoms with Crippen LogP contribution in [-0.4, -0.2) is 9.55 Å². The van der Waals surface area contributed by atoms with Crippen LogP contribution in [0.1, 0.15) is 23.4 Å². The van der Waals surface area contributed by atoms with Gasteiger partial charge in [0, 0.05) is 12.6 Å². The second kappa shape index (κ2) is 4.41. The van der Waals surface area contributed by atoms with Crippen LogP contribution in [0.4, 0.5) is 0 Å². The molecule has 0 radical (unpaired) electrons. The minimum absolute atomic E-state index is 0.404. The number of hydrogen-bond donors (Lipinski definition) is 1. The second-order valence-corrected chi connectivity index (χ2v) is 5.13. The van der Waals surface area contributed by atoms with E-state index in [0.29, 0.717) is 11.7 Å². The number of nitrogens with two attached hydrogens (primary N) is 1. The van der Waals surface area contributed by atoms with E-state index in [1.807, 2.05) is 11.6 Å². The predicted molar refractivity (Wildman–Crippen MR) is 73.6 cm³/mol. The molecule has 1 heterocycles. The highest BCUT2D eigenvalue weighted by Crippen LogP contribution is 2.31. The molecule has 1 aliphatic rings. The molecular formula is C14H16ClN3. The summed E-state index contributed by atoms with van der Waals surface area (Å²) in [6.07, 6.45) is 3.61. The van der Waals surface area contributed by atoms with Crippen molar-refractivity contribution in [1.29, 1.82) is 0 Å². The summed E-state index contributed by atoms with van der Waals surface area (Å²) in [7, 11) is 1.90. The van der Waals surface area contributed by atoms with Gasteiger partial charge in [0.2, 0.25) is 0 Å². The van der Waals surface area contributed by atoms with Gasteiger partial charge in [-0.15, -0.1) is 0 Å². The van der Waals surface area contributed by atoms with E-state index in [9.17, 15) is 0 Å². The van der Waals surface area contributed by atoms with Crippen LogP contribution in [0, 0.1) is 0 Å².